The van der Waals surface area contributed by atoms with Gasteiger partial charge < -0.3 is 15.2 Å². The van der Waals surface area contributed by atoms with Gasteiger partial charge in [0.05, 0.1) is 12.8 Å². The fourth-order valence-corrected chi connectivity index (χ4v) is 1.82. The number of methoxy groups -OCH3 is 1. The predicted molar refractivity (Wildman–Crippen MR) is 76.8 cm³/mol. The van der Waals surface area contributed by atoms with E-state index >= 15 is 0 Å². The van der Waals surface area contributed by atoms with Crippen molar-refractivity contribution in [1.82, 2.24) is 4.57 Å². The summed E-state index contributed by atoms with van der Waals surface area (Å²) < 4.78 is 12.5. The molecule has 0 aliphatic carbocycles. The average molecular weight is 269 g/mol. The Morgan fingerprint density at radius 1 is 1.35 bits per heavy atom. The van der Waals surface area contributed by atoms with E-state index in [-0.39, 0.29) is 0 Å². The minimum atomic E-state index is 0.416. The molecule has 0 aliphatic heterocycles. The number of benzene rings is 1. The lowest BCUT2D eigenvalue weighted by molar-refractivity contribution is 0.410. The number of aromatic nitrogens is 1. The molecule has 2 N–H and O–H groups in total. The second kappa shape index (κ2) is 5.85. The van der Waals surface area contributed by atoms with Gasteiger partial charge in [-0.25, -0.2) is 0 Å². The molecule has 20 heavy (non-hydrogen) atoms. The van der Waals surface area contributed by atoms with Crippen LogP contribution in [0, 0.1) is 11.3 Å². The quantitative estimate of drug-likeness (QED) is 0.847. The van der Waals surface area contributed by atoms with E-state index in [2.05, 4.69) is 12.6 Å². The Balaban J connectivity index is 2.34. The molecule has 0 unspecified atom stereocenters. The summed E-state index contributed by atoms with van der Waals surface area (Å²) in [5.74, 6) is 1.79. The molecular weight excluding hydrogens is 254 g/mol. The molecule has 0 bridgehead atoms. The molecule has 2 aromatic rings. The largest absolute Gasteiger partial charge is 0.497 e. The number of ether oxygens (including phenoxy) is 2. The standard InChI is InChI=1S/C15H15N3O2/c1-3-8-18-11(10-16)9-14(17)15(18)20-13-6-4-12(19-2)5-7-13/h3-7,9H,1,8,17H2,2H3. The van der Waals surface area contributed by atoms with E-state index in [1.54, 1.807) is 48.1 Å². The maximum atomic E-state index is 9.08. The van der Waals surface area contributed by atoms with Crippen LogP contribution in [0.1, 0.15) is 5.69 Å². The van der Waals surface area contributed by atoms with Crippen LogP contribution in [-0.2, 0) is 6.54 Å². The molecule has 0 amide bonds. The molecule has 0 saturated carbocycles. The molecule has 1 aromatic carbocycles. The molecule has 5 nitrogen and oxygen atoms in total. The number of anilines is 1. The second-order valence-electron chi connectivity index (χ2n) is 4.08. The third-order valence-corrected chi connectivity index (χ3v) is 2.78. The Hall–Kier alpha value is -2.87. The van der Waals surface area contributed by atoms with Crippen LogP contribution in [0.4, 0.5) is 5.69 Å². The van der Waals surface area contributed by atoms with Crippen molar-refractivity contribution < 1.29 is 9.47 Å². The van der Waals surface area contributed by atoms with Crippen molar-refractivity contribution in [2.45, 2.75) is 6.54 Å². The van der Waals surface area contributed by atoms with Gasteiger partial charge in [0.25, 0.3) is 0 Å². The van der Waals surface area contributed by atoms with Gasteiger partial charge >= 0.3 is 0 Å². The number of allylic oxidation sites excluding steroid dienone is 1. The van der Waals surface area contributed by atoms with Gasteiger partial charge in [0.1, 0.15) is 23.3 Å². The smallest absolute Gasteiger partial charge is 0.224 e. The van der Waals surface area contributed by atoms with Crippen LogP contribution in [-0.4, -0.2) is 11.7 Å². The van der Waals surface area contributed by atoms with Gasteiger partial charge in [0.15, 0.2) is 0 Å². The Morgan fingerprint density at radius 3 is 2.55 bits per heavy atom. The summed E-state index contributed by atoms with van der Waals surface area (Å²) in [6.45, 7) is 4.12. The number of hydrogen-bond acceptors (Lipinski definition) is 4. The summed E-state index contributed by atoms with van der Waals surface area (Å²) in [5.41, 5.74) is 6.75. The molecule has 0 saturated heterocycles. The molecule has 1 aromatic heterocycles. The predicted octanol–water partition coefficient (Wildman–Crippen LogP) is 2.93. The van der Waals surface area contributed by atoms with E-state index in [9.17, 15) is 0 Å². The van der Waals surface area contributed by atoms with Crippen molar-refractivity contribution in [3.63, 3.8) is 0 Å². The van der Waals surface area contributed by atoms with Crippen molar-refractivity contribution in [3.05, 3.63) is 48.7 Å². The number of nitriles is 1. The monoisotopic (exact) mass is 269 g/mol. The average Bonchev–Trinajstić information content (AvgIpc) is 2.77. The highest BCUT2D eigenvalue weighted by molar-refractivity contribution is 5.56. The Kier molecular flexibility index (Phi) is 3.96. The van der Waals surface area contributed by atoms with Crippen molar-refractivity contribution >= 4 is 5.69 Å². The third-order valence-electron chi connectivity index (χ3n) is 2.78. The van der Waals surface area contributed by atoms with Crippen molar-refractivity contribution in [2.24, 2.45) is 0 Å². The van der Waals surface area contributed by atoms with Gasteiger partial charge in [0, 0.05) is 12.6 Å². The number of rotatable bonds is 5. The topological polar surface area (TPSA) is 73.2 Å². The minimum absolute atomic E-state index is 0.416. The van der Waals surface area contributed by atoms with Crippen LogP contribution in [0.3, 0.4) is 0 Å². The third kappa shape index (κ3) is 2.59. The summed E-state index contributed by atoms with van der Waals surface area (Å²) in [6, 6.07) is 10.8. The minimum Gasteiger partial charge on any atom is -0.497 e. The molecule has 1 heterocycles. The summed E-state index contributed by atoms with van der Waals surface area (Å²) in [7, 11) is 1.60. The molecule has 0 atom stereocenters. The zero-order valence-corrected chi connectivity index (χ0v) is 11.2. The lowest BCUT2D eigenvalue weighted by atomic mass is 10.3. The lowest BCUT2D eigenvalue weighted by Gasteiger charge is -2.11. The molecule has 0 aliphatic rings. The summed E-state index contributed by atoms with van der Waals surface area (Å²) >= 11 is 0. The van der Waals surface area contributed by atoms with E-state index in [0.29, 0.717) is 29.6 Å². The Morgan fingerprint density at radius 2 is 2.00 bits per heavy atom. The van der Waals surface area contributed by atoms with E-state index in [0.717, 1.165) is 5.75 Å². The van der Waals surface area contributed by atoms with Gasteiger partial charge in [-0.05, 0) is 24.3 Å². The summed E-state index contributed by atoms with van der Waals surface area (Å²) in [5, 5.41) is 9.08. The molecule has 102 valence electrons. The second-order valence-corrected chi connectivity index (χ2v) is 4.08. The SMILES string of the molecule is C=CCn1c(C#N)cc(N)c1Oc1ccc(OC)cc1. The maximum absolute atomic E-state index is 9.08. The van der Waals surface area contributed by atoms with Gasteiger partial charge in [-0.15, -0.1) is 6.58 Å². The van der Waals surface area contributed by atoms with E-state index in [4.69, 9.17) is 20.5 Å². The van der Waals surface area contributed by atoms with Crippen molar-refractivity contribution in [1.29, 1.82) is 5.26 Å². The first-order valence-corrected chi connectivity index (χ1v) is 6.01. The highest BCUT2D eigenvalue weighted by Crippen LogP contribution is 2.31. The fourth-order valence-electron chi connectivity index (χ4n) is 1.82. The molecule has 0 spiro atoms. The highest BCUT2D eigenvalue weighted by Gasteiger charge is 2.14. The lowest BCUT2D eigenvalue weighted by Crippen LogP contribution is -2.02. The summed E-state index contributed by atoms with van der Waals surface area (Å²) in [6.07, 6.45) is 1.68. The molecule has 0 radical (unpaired) electrons. The number of hydrogen-bond donors (Lipinski definition) is 1. The normalized spacial score (nSPS) is 9.80. The van der Waals surface area contributed by atoms with Crippen molar-refractivity contribution in [3.8, 4) is 23.4 Å². The molecule has 0 fully saturated rings. The molecule has 2 rings (SSSR count). The molecular formula is C15H15N3O2. The van der Waals surface area contributed by atoms with Crippen molar-refractivity contribution in [2.75, 3.05) is 12.8 Å². The number of nitrogens with zero attached hydrogens (tertiary/aromatic N) is 2. The first-order chi connectivity index (χ1) is 9.69. The first kappa shape index (κ1) is 13.6. The van der Waals surface area contributed by atoms with Gasteiger partial charge in [0.2, 0.25) is 5.88 Å². The van der Waals surface area contributed by atoms with E-state index in [1.807, 2.05) is 0 Å². The van der Waals surface area contributed by atoms with Gasteiger partial charge in [-0.3, -0.25) is 4.57 Å². The van der Waals surface area contributed by atoms with E-state index in [1.165, 1.54) is 0 Å². The highest BCUT2D eigenvalue weighted by atomic mass is 16.5. The number of nitrogens with two attached hydrogens (primary N) is 1. The van der Waals surface area contributed by atoms with Crippen LogP contribution in [0.15, 0.2) is 43.0 Å². The van der Waals surface area contributed by atoms with Gasteiger partial charge in [-0.1, -0.05) is 6.08 Å². The van der Waals surface area contributed by atoms with Crippen LogP contribution in [0.2, 0.25) is 0 Å². The van der Waals surface area contributed by atoms with Crippen LogP contribution in [0.25, 0.3) is 0 Å². The van der Waals surface area contributed by atoms with Crippen LogP contribution in [0.5, 0.6) is 17.4 Å². The van der Waals surface area contributed by atoms with Crippen LogP contribution < -0.4 is 15.2 Å². The van der Waals surface area contributed by atoms with Gasteiger partial charge in [-0.2, -0.15) is 5.26 Å². The number of nitrogen functional groups attached to an aromatic ring is 1. The zero-order valence-electron chi connectivity index (χ0n) is 11.2. The van der Waals surface area contributed by atoms with Crippen LogP contribution >= 0.6 is 0 Å². The Bertz CT molecular complexity index is 651. The van der Waals surface area contributed by atoms with E-state index < -0.39 is 0 Å². The molecule has 5 heteroatoms. The first-order valence-electron chi connectivity index (χ1n) is 6.01. The fraction of sp³-hybridized carbons (Fsp3) is 0.133. The zero-order chi connectivity index (χ0) is 14.5. The maximum Gasteiger partial charge on any atom is 0.224 e. The summed E-state index contributed by atoms with van der Waals surface area (Å²) in [4.78, 5) is 0. The Labute approximate surface area is 117 Å².